The van der Waals surface area contributed by atoms with Crippen LogP contribution in [0.25, 0.3) is 0 Å². The van der Waals surface area contributed by atoms with Crippen LogP contribution in [-0.2, 0) is 9.53 Å². The maximum Gasteiger partial charge on any atom is 0.416 e. The number of rotatable bonds is 6. The molecule has 2 unspecified atom stereocenters. The van der Waals surface area contributed by atoms with Gasteiger partial charge in [0.1, 0.15) is 0 Å². The van der Waals surface area contributed by atoms with Crippen molar-refractivity contribution in [1.29, 1.82) is 0 Å². The molecule has 6 nitrogen and oxygen atoms in total. The second-order valence-corrected chi connectivity index (χ2v) is 5.89. The number of esters is 1. The van der Waals surface area contributed by atoms with E-state index in [1.54, 1.807) is 13.8 Å². The molecule has 0 spiro atoms. The molecule has 0 fully saturated rings. The second kappa shape index (κ2) is 7.66. The molecule has 0 rings (SSSR count). The van der Waals surface area contributed by atoms with Gasteiger partial charge < -0.3 is 20.5 Å². The molecule has 2 atom stereocenters. The van der Waals surface area contributed by atoms with Gasteiger partial charge in [-0.25, -0.2) is 4.79 Å². The van der Waals surface area contributed by atoms with Gasteiger partial charge in [0.25, 0.3) is 0 Å². The Morgan fingerprint density at radius 2 is 1.68 bits per heavy atom. The Bertz CT molecular complexity index is 397. The molecule has 0 aromatic carbocycles. The second-order valence-electron chi connectivity index (χ2n) is 5.89. The van der Waals surface area contributed by atoms with Crippen molar-refractivity contribution >= 4 is 12.0 Å². The summed E-state index contributed by atoms with van der Waals surface area (Å²) in [6.45, 7) is 6.84. The van der Waals surface area contributed by atoms with Crippen LogP contribution in [0.4, 0.5) is 18.0 Å². The van der Waals surface area contributed by atoms with Crippen LogP contribution in [-0.4, -0.2) is 47.6 Å². The summed E-state index contributed by atoms with van der Waals surface area (Å²) in [7, 11) is 0. The van der Waals surface area contributed by atoms with Crippen molar-refractivity contribution in [2.24, 2.45) is 5.92 Å². The number of urea groups is 1. The van der Waals surface area contributed by atoms with E-state index in [1.807, 2.05) is 5.32 Å². The van der Waals surface area contributed by atoms with Gasteiger partial charge in [-0.05, 0) is 27.7 Å². The van der Waals surface area contributed by atoms with Gasteiger partial charge in [-0.2, -0.15) is 13.2 Å². The highest BCUT2D eigenvalue weighted by atomic mass is 19.4. The summed E-state index contributed by atoms with van der Waals surface area (Å²) < 4.78 is 42.3. The molecule has 0 aliphatic carbocycles. The lowest BCUT2D eigenvalue weighted by atomic mass is 9.97. The van der Waals surface area contributed by atoms with E-state index >= 15 is 0 Å². The maximum atomic E-state index is 12.5. The first-order valence-corrected chi connectivity index (χ1v) is 6.78. The van der Waals surface area contributed by atoms with E-state index in [0.29, 0.717) is 0 Å². The van der Waals surface area contributed by atoms with Gasteiger partial charge in [0.2, 0.25) is 0 Å². The van der Waals surface area contributed by atoms with Crippen LogP contribution in [0.1, 0.15) is 34.6 Å². The summed E-state index contributed by atoms with van der Waals surface area (Å²) in [5.74, 6) is -1.17. The molecule has 0 radical (unpaired) electrons. The van der Waals surface area contributed by atoms with Gasteiger partial charge in [0.15, 0.2) is 6.10 Å². The minimum atomic E-state index is -4.86. The number of ether oxygens (including phenoxy) is 1. The largest absolute Gasteiger partial charge is 0.463 e. The lowest BCUT2D eigenvalue weighted by Gasteiger charge is -2.32. The lowest BCUT2D eigenvalue weighted by Crippen LogP contribution is -2.59. The van der Waals surface area contributed by atoms with Gasteiger partial charge in [-0.1, -0.05) is 6.92 Å². The van der Waals surface area contributed by atoms with Gasteiger partial charge >= 0.3 is 18.2 Å². The molecule has 0 saturated heterocycles. The Kier molecular flexibility index (Phi) is 7.14. The van der Waals surface area contributed by atoms with Crippen LogP contribution in [0, 0.1) is 5.92 Å². The van der Waals surface area contributed by atoms with E-state index in [0.717, 1.165) is 13.8 Å². The van der Waals surface area contributed by atoms with E-state index in [4.69, 9.17) is 4.74 Å². The third kappa shape index (κ3) is 6.97. The normalized spacial score (nSPS) is 15.2. The fraction of sp³-hybridized carbons (Fsp3) is 0.846. The molecule has 0 aliphatic rings. The van der Waals surface area contributed by atoms with Gasteiger partial charge in [-0.3, -0.25) is 4.79 Å². The zero-order chi connectivity index (χ0) is 17.7. The summed E-state index contributed by atoms with van der Waals surface area (Å²) in [5.41, 5.74) is -1.91. The summed E-state index contributed by atoms with van der Waals surface area (Å²) >= 11 is 0. The molecule has 0 aliphatic heterocycles. The molecule has 2 amide bonds. The minimum absolute atomic E-state index is 0.102. The number of alkyl halides is 3. The third-order valence-electron chi connectivity index (χ3n) is 2.75. The van der Waals surface area contributed by atoms with Crippen molar-refractivity contribution in [3.05, 3.63) is 0 Å². The Balaban J connectivity index is 4.43. The summed E-state index contributed by atoms with van der Waals surface area (Å²) in [6, 6.07) is -0.919. The summed E-state index contributed by atoms with van der Waals surface area (Å²) in [4.78, 5) is 23.1. The number of halogens is 3. The van der Waals surface area contributed by atoms with E-state index in [-0.39, 0.29) is 12.6 Å². The maximum absolute atomic E-state index is 12.5. The molecule has 9 heteroatoms. The number of aliphatic hydroxyl groups is 1. The number of carbonyl (C=O) groups excluding carboxylic acids is 2. The first kappa shape index (κ1) is 20.5. The molecule has 0 saturated carbocycles. The first-order valence-electron chi connectivity index (χ1n) is 6.78. The van der Waals surface area contributed by atoms with Gasteiger partial charge in [0.05, 0.1) is 17.6 Å². The highest BCUT2D eigenvalue weighted by Gasteiger charge is 2.48. The SMILES string of the molecule is CC(C)OC(=O)C(C)CNC(=O)NC(C)(C)C(O)C(F)(F)F. The van der Waals surface area contributed by atoms with Crippen molar-refractivity contribution in [3.8, 4) is 0 Å². The summed E-state index contributed by atoms with van der Waals surface area (Å²) in [5, 5.41) is 13.5. The molecule has 0 aromatic heterocycles. The zero-order valence-corrected chi connectivity index (χ0v) is 13.2. The average Bonchev–Trinajstić information content (AvgIpc) is 2.32. The number of nitrogens with one attached hydrogen (secondary N) is 2. The number of hydrogen-bond acceptors (Lipinski definition) is 4. The molecule has 0 aromatic rings. The summed E-state index contributed by atoms with van der Waals surface area (Å²) in [6.07, 6.45) is -7.87. The number of amides is 2. The zero-order valence-electron chi connectivity index (χ0n) is 13.2. The molecule has 3 N–H and O–H groups in total. The van der Waals surface area contributed by atoms with Gasteiger partial charge in [-0.15, -0.1) is 0 Å². The topological polar surface area (TPSA) is 87.7 Å². The Labute approximate surface area is 127 Å². The molecule has 0 heterocycles. The molecular weight excluding hydrogens is 305 g/mol. The predicted octanol–water partition coefficient (Wildman–Crippen LogP) is 1.58. The molecule has 22 heavy (non-hydrogen) atoms. The third-order valence-corrected chi connectivity index (χ3v) is 2.75. The van der Waals surface area contributed by atoms with Crippen LogP contribution in [0.2, 0.25) is 0 Å². The average molecular weight is 328 g/mol. The van der Waals surface area contributed by atoms with Crippen LogP contribution in [0.15, 0.2) is 0 Å². The fourth-order valence-corrected chi connectivity index (χ4v) is 1.49. The van der Waals surface area contributed by atoms with Crippen LogP contribution in [0.3, 0.4) is 0 Å². The lowest BCUT2D eigenvalue weighted by molar-refractivity contribution is -0.222. The predicted molar refractivity (Wildman–Crippen MR) is 73.1 cm³/mol. The fourth-order valence-electron chi connectivity index (χ4n) is 1.49. The molecule has 130 valence electrons. The standard InChI is InChI=1S/C13H23F3N2O4/c1-7(2)22-9(19)8(3)6-17-11(21)18-12(4,5)10(20)13(14,15)16/h7-8,10,20H,6H2,1-5H3,(H2,17,18,21). The van der Waals surface area contributed by atoms with E-state index in [1.165, 1.54) is 6.92 Å². The van der Waals surface area contributed by atoms with Crippen molar-refractivity contribution in [2.75, 3.05) is 6.54 Å². The van der Waals surface area contributed by atoms with E-state index in [2.05, 4.69) is 5.32 Å². The highest BCUT2D eigenvalue weighted by molar-refractivity contribution is 5.77. The Morgan fingerprint density at radius 1 is 1.18 bits per heavy atom. The van der Waals surface area contributed by atoms with Crippen LogP contribution in [0.5, 0.6) is 0 Å². The van der Waals surface area contributed by atoms with E-state index in [9.17, 15) is 27.9 Å². The van der Waals surface area contributed by atoms with Crippen molar-refractivity contribution in [2.45, 2.75) is 58.5 Å². The molecular formula is C13H23F3N2O4. The van der Waals surface area contributed by atoms with Crippen molar-refractivity contribution in [1.82, 2.24) is 10.6 Å². The quantitative estimate of drug-likeness (QED) is 0.646. The smallest absolute Gasteiger partial charge is 0.416 e. The van der Waals surface area contributed by atoms with E-state index < -0.39 is 35.7 Å². The Hall–Kier alpha value is -1.51. The highest BCUT2D eigenvalue weighted by Crippen LogP contribution is 2.27. The first-order chi connectivity index (χ1) is 9.77. The molecule has 0 bridgehead atoms. The number of aliphatic hydroxyl groups excluding tert-OH is 1. The minimum Gasteiger partial charge on any atom is -0.463 e. The van der Waals surface area contributed by atoms with Gasteiger partial charge in [0, 0.05) is 6.54 Å². The van der Waals surface area contributed by atoms with Crippen LogP contribution >= 0.6 is 0 Å². The Morgan fingerprint density at radius 3 is 2.09 bits per heavy atom. The monoisotopic (exact) mass is 328 g/mol. The number of hydrogen-bond donors (Lipinski definition) is 3. The van der Waals surface area contributed by atoms with Crippen LogP contribution < -0.4 is 10.6 Å². The van der Waals surface area contributed by atoms with Crippen molar-refractivity contribution in [3.63, 3.8) is 0 Å². The van der Waals surface area contributed by atoms with Crippen molar-refractivity contribution < 1.29 is 32.6 Å². The number of carbonyl (C=O) groups is 2.